The molecule has 1 saturated heterocycles. The van der Waals surface area contributed by atoms with E-state index in [1.165, 1.54) is 6.42 Å². The molecule has 1 fully saturated rings. The van der Waals surface area contributed by atoms with Gasteiger partial charge in [-0.1, -0.05) is 6.07 Å². The number of pyridine rings is 1. The maximum absolute atomic E-state index is 4.56. The molecule has 1 aliphatic rings. The predicted octanol–water partition coefficient (Wildman–Crippen LogP) is 1.26. The Labute approximate surface area is 97.3 Å². The molecular formula is C12H20N4. The fourth-order valence-electron chi connectivity index (χ4n) is 2.11. The van der Waals surface area contributed by atoms with Crippen molar-refractivity contribution in [1.82, 2.24) is 9.88 Å². The minimum Gasteiger partial charge on any atom is -0.373 e. The zero-order valence-corrected chi connectivity index (χ0v) is 10.3. The molecule has 2 heterocycles. The van der Waals surface area contributed by atoms with Gasteiger partial charge in [0.05, 0.1) is 0 Å². The van der Waals surface area contributed by atoms with Crippen LogP contribution in [0.5, 0.6) is 0 Å². The lowest BCUT2D eigenvalue weighted by atomic mass is 10.2. The summed E-state index contributed by atoms with van der Waals surface area (Å²) in [4.78, 5) is 9.21. The highest BCUT2D eigenvalue weighted by Crippen LogP contribution is 2.21. The highest BCUT2D eigenvalue weighted by molar-refractivity contribution is 5.47. The van der Waals surface area contributed by atoms with Gasteiger partial charge in [-0.25, -0.2) is 4.98 Å². The first-order chi connectivity index (χ1) is 7.70. The van der Waals surface area contributed by atoms with Crippen LogP contribution in [0.3, 0.4) is 0 Å². The van der Waals surface area contributed by atoms with Crippen molar-refractivity contribution >= 4 is 11.6 Å². The van der Waals surface area contributed by atoms with Crippen LogP contribution in [-0.2, 0) is 0 Å². The third-order valence-electron chi connectivity index (χ3n) is 3.21. The summed E-state index contributed by atoms with van der Waals surface area (Å²) in [5, 5.41) is 3.08. The van der Waals surface area contributed by atoms with E-state index in [2.05, 4.69) is 46.3 Å². The average Bonchev–Trinajstić information content (AvgIpc) is 2.78. The van der Waals surface area contributed by atoms with Crippen molar-refractivity contribution in [3.05, 3.63) is 18.2 Å². The number of hydrogen-bond acceptors (Lipinski definition) is 4. The van der Waals surface area contributed by atoms with E-state index < -0.39 is 0 Å². The molecule has 1 N–H and O–H groups in total. The van der Waals surface area contributed by atoms with E-state index in [1.54, 1.807) is 0 Å². The van der Waals surface area contributed by atoms with Gasteiger partial charge in [0.15, 0.2) is 0 Å². The van der Waals surface area contributed by atoms with Crippen LogP contribution in [0.15, 0.2) is 18.2 Å². The summed E-state index contributed by atoms with van der Waals surface area (Å²) in [6.45, 7) is 2.18. The Kier molecular flexibility index (Phi) is 3.29. The van der Waals surface area contributed by atoms with Crippen LogP contribution in [0.2, 0.25) is 0 Å². The first-order valence-corrected chi connectivity index (χ1v) is 5.77. The van der Waals surface area contributed by atoms with Crippen LogP contribution < -0.4 is 10.2 Å². The Bertz CT molecular complexity index is 351. The van der Waals surface area contributed by atoms with Crippen molar-refractivity contribution in [2.24, 2.45) is 0 Å². The molecule has 0 radical (unpaired) electrons. The van der Waals surface area contributed by atoms with Crippen molar-refractivity contribution in [3.8, 4) is 0 Å². The molecule has 0 bridgehead atoms. The number of anilines is 2. The monoisotopic (exact) mass is 220 g/mol. The molecule has 1 atom stereocenters. The van der Waals surface area contributed by atoms with Crippen molar-refractivity contribution in [3.63, 3.8) is 0 Å². The summed E-state index contributed by atoms with van der Waals surface area (Å²) in [5.74, 6) is 2.02. The molecule has 0 saturated carbocycles. The van der Waals surface area contributed by atoms with E-state index >= 15 is 0 Å². The number of likely N-dealkylation sites (N-methyl/N-ethyl adjacent to an activating group) is 1. The molecule has 1 aromatic heterocycles. The molecule has 4 nitrogen and oxygen atoms in total. The molecule has 4 heteroatoms. The molecule has 1 unspecified atom stereocenters. The Morgan fingerprint density at radius 3 is 2.88 bits per heavy atom. The van der Waals surface area contributed by atoms with Gasteiger partial charge in [-0.05, 0) is 32.6 Å². The second-order valence-corrected chi connectivity index (χ2v) is 4.48. The molecule has 0 spiro atoms. The molecular weight excluding hydrogens is 200 g/mol. The zero-order valence-electron chi connectivity index (χ0n) is 10.3. The van der Waals surface area contributed by atoms with E-state index in [0.29, 0.717) is 6.04 Å². The lowest BCUT2D eigenvalue weighted by molar-refractivity contribution is 0.315. The van der Waals surface area contributed by atoms with Gasteiger partial charge in [0.2, 0.25) is 0 Å². The third-order valence-corrected chi connectivity index (χ3v) is 3.21. The normalized spacial score (nSPS) is 20.5. The Hall–Kier alpha value is -1.29. The maximum atomic E-state index is 4.56. The Balaban J connectivity index is 2.08. The highest BCUT2D eigenvalue weighted by atomic mass is 15.3. The summed E-state index contributed by atoms with van der Waals surface area (Å²) < 4.78 is 0. The van der Waals surface area contributed by atoms with Gasteiger partial charge in [0.25, 0.3) is 0 Å². The smallest absolute Gasteiger partial charge is 0.131 e. The van der Waals surface area contributed by atoms with Gasteiger partial charge in [-0.3, -0.25) is 0 Å². The number of rotatable bonds is 3. The minimum absolute atomic E-state index is 0.653. The SMILES string of the molecule is CNc1cccc(N2CCC(N(C)C)C2)n1. The van der Waals surface area contributed by atoms with Gasteiger partial charge in [0.1, 0.15) is 11.6 Å². The van der Waals surface area contributed by atoms with E-state index in [-0.39, 0.29) is 0 Å². The lowest BCUT2D eigenvalue weighted by Crippen LogP contribution is -2.31. The minimum atomic E-state index is 0.653. The molecule has 88 valence electrons. The number of nitrogens with zero attached hydrogens (tertiary/aromatic N) is 3. The zero-order chi connectivity index (χ0) is 11.5. The van der Waals surface area contributed by atoms with E-state index in [9.17, 15) is 0 Å². The largest absolute Gasteiger partial charge is 0.373 e. The molecule has 1 aromatic rings. The molecule has 2 rings (SSSR count). The summed E-state index contributed by atoms with van der Waals surface area (Å²) in [5.41, 5.74) is 0. The van der Waals surface area contributed by atoms with Gasteiger partial charge in [-0.2, -0.15) is 0 Å². The molecule has 1 aliphatic heterocycles. The van der Waals surface area contributed by atoms with E-state index in [1.807, 2.05) is 13.1 Å². The number of aromatic nitrogens is 1. The van der Waals surface area contributed by atoms with Crippen LogP contribution in [0.25, 0.3) is 0 Å². The van der Waals surface area contributed by atoms with Gasteiger partial charge in [0, 0.05) is 26.2 Å². The summed E-state index contributed by atoms with van der Waals surface area (Å²) in [6, 6.07) is 6.78. The number of nitrogens with one attached hydrogen (secondary N) is 1. The van der Waals surface area contributed by atoms with Gasteiger partial charge >= 0.3 is 0 Å². The Morgan fingerprint density at radius 1 is 1.44 bits per heavy atom. The Morgan fingerprint density at radius 2 is 2.25 bits per heavy atom. The van der Waals surface area contributed by atoms with Crippen LogP contribution in [0.4, 0.5) is 11.6 Å². The summed E-state index contributed by atoms with van der Waals surface area (Å²) in [7, 11) is 6.19. The number of hydrogen-bond donors (Lipinski definition) is 1. The lowest BCUT2D eigenvalue weighted by Gasteiger charge is -2.21. The third kappa shape index (κ3) is 2.27. The molecule has 0 aromatic carbocycles. The van der Waals surface area contributed by atoms with Crippen LogP contribution in [0, 0.1) is 0 Å². The van der Waals surface area contributed by atoms with Crippen LogP contribution in [0.1, 0.15) is 6.42 Å². The first-order valence-electron chi connectivity index (χ1n) is 5.77. The fourth-order valence-corrected chi connectivity index (χ4v) is 2.11. The van der Waals surface area contributed by atoms with Crippen molar-refractivity contribution in [1.29, 1.82) is 0 Å². The van der Waals surface area contributed by atoms with Crippen molar-refractivity contribution in [2.75, 3.05) is 44.4 Å². The molecule has 0 amide bonds. The van der Waals surface area contributed by atoms with Crippen molar-refractivity contribution in [2.45, 2.75) is 12.5 Å². The second kappa shape index (κ2) is 4.70. The highest BCUT2D eigenvalue weighted by Gasteiger charge is 2.24. The second-order valence-electron chi connectivity index (χ2n) is 4.48. The van der Waals surface area contributed by atoms with Gasteiger partial charge < -0.3 is 15.1 Å². The predicted molar refractivity (Wildman–Crippen MR) is 68.1 cm³/mol. The quantitative estimate of drug-likeness (QED) is 0.831. The van der Waals surface area contributed by atoms with E-state index in [4.69, 9.17) is 0 Å². The first kappa shape index (κ1) is 11.2. The average molecular weight is 220 g/mol. The summed E-state index contributed by atoms with van der Waals surface area (Å²) in [6.07, 6.45) is 1.22. The topological polar surface area (TPSA) is 31.4 Å². The fraction of sp³-hybridized carbons (Fsp3) is 0.583. The van der Waals surface area contributed by atoms with Gasteiger partial charge in [-0.15, -0.1) is 0 Å². The standard InChI is InChI=1S/C12H20N4/c1-13-11-5-4-6-12(14-11)16-8-7-10(9-16)15(2)3/h4-6,10H,7-9H2,1-3H3,(H,13,14). The maximum Gasteiger partial charge on any atom is 0.131 e. The molecule has 0 aliphatic carbocycles. The molecule has 16 heavy (non-hydrogen) atoms. The van der Waals surface area contributed by atoms with Crippen LogP contribution in [-0.4, -0.2) is 50.2 Å². The van der Waals surface area contributed by atoms with E-state index in [0.717, 1.165) is 24.7 Å². The summed E-state index contributed by atoms with van der Waals surface area (Å²) >= 11 is 0. The van der Waals surface area contributed by atoms with Crippen LogP contribution >= 0.6 is 0 Å². The van der Waals surface area contributed by atoms with Crippen molar-refractivity contribution < 1.29 is 0 Å².